The number of benzene rings is 1. The maximum atomic E-state index is 14.2. The number of hydrogen-bond acceptors (Lipinski definition) is 2. The number of nitrogens with zero attached hydrogens (tertiary/aromatic N) is 2. The highest BCUT2D eigenvalue weighted by Crippen LogP contribution is 2.34. The molecule has 0 saturated carbocycles. The van der Waals surface area contributed by atoms with E-state index in [1.54, 1.807) is 12.1 Å². The minimum Gasteiger partial charge on any atom is -0.369 e. The van der Waals surface area contributed by atoms with E-state index in [1.807, 2.05) is 6.07 Å². The Kier molecular flexibility index (Phi) is 10.1. The predicted octanol–water partition coefficient (Wildman–Crippen LogP) is 7.39. The van der Waals surface area contributed by atoms with Gasteiger partial charge in [-0.2, -0.15) is 0 Å². The van der Waals surface area contributed by atoms with Gasteiger partial charge in [0.05, 0.1) is 5.69 Å². The highest BCUT2D eigenvalue weighted by atomic mass is 19.1. The van der Waals surface area contributed by atoms with E-state index in [0.29, 0.717) is 6.04 Å². The molecule has 0 heterocycles. The van der Waals surface area contributed by atoms with Gasteiger partial charge in [0.25, 0.3) is 0 Å². The summed E-state index contributed by atoms with van der Waals surface area (Å²) in [5.74, 6) is -0.224. The van der Waals surface area contributed by atoms with Crippen LogP contribution in [0.1, 0.15) is 73.3 Å². The van der Waals surface area contributed by atoms with Gasteiger partial charge in [-0.05, 0) is 70.7 Å². The van der Waals surface area contributed by atoms with E-state index in [2.05, 4.69) is 77.0 Å². The van der Waals surface area contributed by atoms with Crippen molar-refractivity contribution in [3.63, 3.8) is 0 Å². The summed E-state index contributed by atoms with van der Waals surface area (Å²) in [6.07, 6.45) is 7.45. The van der Waals surface area contributed by atoms with Crippen molar-refractivity contribution in [3.8, 4) is 0 Å². The van der Waals surface area contributed by atoms with E-state index in [1.165, 1.54) is 11.3 Å². The van der Waals surface area contributed by atoms with Gasteiger partial charge in [0.15, 0.2) is 0 Å². The molecule has 0 amide bonds. The summed E-state index contributed by atoms with van der Waals surface area (Å²) in [6.45, 7) is 21.1. The lowest BCUT2D eigenvalue weighted by atomic mass is 10.0. The molecule has 1 rings (SSSR count). The third-order valence-corrected chi connectivity index (χ3v) is 5.04. The second-order valence-electron chi connectivity index (χ2n) is 7.30. The first kappa shape index (κ1) is 24.0. The molecule has 0 radical (unpaired) electrons. The quantitative estimate of drug-likeness (QED) is 0.366. The molecule has 0 N–H and O–H groups in total. The second kappa shape index (κ2) is 11.7. The van der Waals surface area contributed by atoms with Gasteiger partial charge in [-0.15, -0.1) is 0 Å². The summed E-state index contributed by atoms with van der Waals surface area (Å²) in [5.41, 5.74) is 5.31. The molecule has 3 heteroatoms. The zero-order valence-corrected chi connectivity index (χ0v) is 19.0. The minimum absolute atomic E-state index is 0.224. The van der Waals surface area contributed by atoms with E-state index in [0.717, 1.165) is 49.3 Å². The Morgan fingerprint density at radius 1 is 1.18 bits per heavy atom. The molecule has 2 nitrogen and oxygen atoms in total. The van der Waals surface area contributed by atoms with E-state index >= 15 is 0 Å². The Hall–Kier alpha value is -2.03. The van der Waals surface area contributed by atoms with Gasteiger partial charge in [-0.25, -0.2) is 4.39 Å². The van der Waals surface area contributed by atoms with Gasteiger partial charge in [-0.3, -0.25) is 0 Å². The molecule has 1 aromatic rings. The predicted molar refractivity (Wildman–Crippen MR) is 123 cm³/mol. The van der Waals surface area contributed by atoms with Crippen molar-refractivity contribution in [3.05, 3.63) is 59.6 Å². The molecule has 0 aliphatic heterocycles. The van der Waals surface area contributed by atoms with Crippen molar-refractivity contribution in [2.75, 3.05) is 18.0 Å². The maximum absolute atomic E-state index is 14.2. The van der Waals surface area contributed by atoms with Crippen LogP contribution in [-0.2, 0) is 0 Å². The highest BCUT2D eigenvalue weighted by molar-refractivity contribution is 5.77. The topological polar surface area (TPSA) is 6.48 Å². The summed E-state index contributed by atoms with van der Waals surface area (Å²) < 4.78 is 14.2. The molecule has 0 aliphatic carbocycles. The molecule has 0 bridgehead atoms. The van der Waals surface area contributed by atoms with Crippen molar-refractivity contribution in [2.45, 2.75) is 73.8 Å². The van der Waals surface area contributed by atoms with Crippen LogP contribution in [0.3, 0.4) is 0 Å². The molecular formula is C25H39FN2. The smallest absolute Gasteiger partial charge is 0.124 e. The average Bonchev–Trinajstić information content (AvgIpc) is 2.67. The number of anilines is 1. The van der Waals surface area contributed by atoms with Crippen LogP contribution in [0.25, 0.3) is 5.70 Å². The van der Waals surface area contributed by atoms with Crippen molar-refractivity contribution >= 4 is 11.4 Å². The van der Waals surface area contributed by atoms with Crippen LogP contribution in [0.2, 0.25) is 0 Å². The summed E-state index contributed by atoms with van der Waals surface area (Å²) in [4.78, 5) is 4.56. The lowest BCUT2D eigenvalue weighted by molar-refractivity contribution is 0.347. The third-order valence-electron chi connectivity index (χ3n) is 5.04. The van der Waals surface area contributed by atoms with Gasteiger partial charge in [0.1, 0.15) is 5.82 Å². The standard InChI is InChI=1S/C25H39FN2/c1-9-14-21(11-3)24(12-4)28(17-10-2)25-16-15-22(26)18-23(25)20(8)27(13-5)19(6)7/h12,14-16,18-19H,8-11,13,17H2,1-7H3/b21-14-,24-12+. The number of halogens is 1. The Morgan fingerprint density at radius 2 is 1.86 bits per heavy atom. The van der Waals surface area contributed by atoms with Gasteiger partial charge in [0, 0.05) is 36.1 Å². The molecule has 0 spiro atoms. The van der Waals surface area contributed by atoms with Crippen LogP contribution in [0.15, 0.2) is 48.2 Å². The Balaban J connectivity index is 3.60. The summed E-state index contributed by atoms with van der Waals surface area (Å²) >= 11 is 0. The maximum Gasteiger partial charge on any atom is 0.124 e. The lowest BCUT2D eigenvalue weighted by Crippen LogP contribution is -2.31. The molecule has 0 unspecified atom stereocenters. The highest BCUT2D eigenvalue weighted by Gasteiger charge is 2.21. The van der Waals surface area contributed by atoms with Crippen LogP contribution in [0, 0.1) is 5.82 Å². The van der Waals surface area contributed by atoms with Gasteiger partial charge < -0.3 is 9.80 Å². The molecule has 0 atom stereocenters. The first-order chi connectivity index (χ1) is 13.4. The SMILES string of the molecule is C=C(c1cc(F)ccc1N(CCC)C(=C/C)/C(=C\CC)CC)N(CC)C(C)C. The minimum atomic E-state index is -0.224. The fraction of sp³-hybridized carbons (Fsp3) is 0.520. The summed E-state index contributed by atoms with van der Waals surface area (Å²) in [5, 5.41) is 0. The van der Waals surface area contributed by atoms with Crippen molar-refractivity contribution in [2.24, 2.45) is 0 Å². The Morgan fingerprint density at radius 3 is 2.32 bits per heavy atom. The Bertz CT molecular complexity index is 700. The van der Waals surface area contributed by atoms with E-state index in [4.69, 9.17) is 0 Å². The number of allylic oxidation sites excluding steroid dienone is 3. The molecular weight excluding hydrogens is 347 g/mol. The van der Waals surface area contributed by atoms with Gasteiger partial charge >= 0.3 is 0 Å². The zero-order chi connectivity index (χ0) is 21.3. The molecule has 1 aromatic carbocycles. The molecule has 0 fully saturated rings. The molecule has 0 aliphatic rings. The van der Waals surface area contributed by atoms with Gasteiger partial charge in [-0.1, -0.05) is 39.5 Å². The molecule has 0 aromatic heterocycles. The van der Waals surface area contributed by atoms with E-state index < -0.39 is 0 Å². The van der Waals surface area contributed by atoms with Crippen LogP contribution < -0.4 is 4.90 Å². The van der Waals surface area contributed by atoms with Crippen LogP contribution >= 0.6 is 0 Å². The largest absolute Gasteiger partial charge is 0.369 e. The van der Waals surface area contributed by atoms with Gasteiger partial charge in [0.2, 0.25) is 0 Å². The van der Waals surface area contributed by atoms with Crippen LogP contribution in [0.5, 0.6) is 0 Å². The lowest BCUT2D eigenvalue weighted by Gasteiger charge is -2.35. The summed E-state index contributed by atoms with van der Waals surface area (Å²) in [6, 6.07) is 5.40. The van der Waals surface area contributed by atoms with Crippen LogP contribution in [0.4, 0.5) is 10.1 Å². The first-order valence-corrected chi connectivity index (χ1v) is 10.7. The van der Waals surface area contributed by atoms with Crippen molar-refractivity contribution in [1.82, 2.24) is 4.90 Å². The molecule has 156 valence electrons. The zero-order valence-electron chi connectivity index (χ0n) is 19.0. The van der Waals surface area contributed by atoms with Crippen molar-refractivity contribution in [1.29, 1.82) is 0 Å². The van der Waals surface area contributed by atoms with Crippen molar-refractivity contribution < 1.29 is 4.39 Å². The molecule has 0 saturated heterocycles. The fourth-order valence-corrected chi connectivity index (χ4v) is 3.78. The average molecular weight is 387 g/mol. The molecule has 28 heavy (non-hydrogen) atoms. The van der Waals surface area contributed by atoms with E-state index in [-0.39, 0.29) is 5.82 Å². The fourth-order valence-electron chi connectivity index (χ4n) is 3.78. The second-order valence-corrected chi connectivity index (χ2v) is 7.30. The van der Waals surface area contributed by atoms with Crippen LogP contribution in [-0.4, -0.2) is 24.0 Å². The Labute approximate surface area is 172 Å². The number of rotatable bonds is 11. The third kappa shape index (κ3) is 5.73. The normalized spacial score (nSPS) is 12.5. The summed E-state index contributed by atoms with van der Waals surface area (Å²) in [7, 11) is 0. The first-order valence-electron chi connectivity index (χ1n) is 10.7. The monoisotopic (exact) mass is 386 g/mol. The number of hydrogen-bond donors (Lipinski definition) is 0. The van der Waals surface area contributed by atoms with E-state index in [9.17, 15) is 4.39 Å².